The smallest absolute Gasteiger partial charge is 0.263 e. The molecule has 3 fully saturated rings. The number of aliphatic hydroxyl groups is 1. The van der Waals surface area contributed by atoms with Crippen LogP contribution in [0.15, 0.2) is 10.9 Å². The molecule has 0 aromatic carbocycles. The Morgan fingerprint density at radius 3 is 2.92 bits per heavy atom. The fourth-order valence-corrected chi connectivity index (χ4v) is 5.36. The lowest BCUT2D eigenvalue weighted by Crippen LogP contribution is -2.39. The van der Waals surface area contributed by atoms with Crippen LogP contribution in [0.25, 0.3) is 0 Å². The Hall–Kier alpha value is -1.66. The second-order valence-electron chi connectivity index (χ2n) is 7.80. The number of ether oxygens (including phenoxy) is 1. The van der Waals surface area contributed by atoms with Crippen LogP contribution >= 0.6 is 0 Å². The van der Waals surface area contributed by atoms with Crippen LogP contribution in [0.1, 0.15) is 41.4 Å². The molecular formula is C19H26N2O4. The minimum Gasteiger partial charge on any atom is -0.396 e. The summed E-state index contributed by atoms with van der Waals surface area (Å²) in [7, 11) is 1.73. The SMILES string of the molecule is CCc1c(C)cc(C(=O)N2C[C@H]3[C@@H](CO)[C@@H]4CC[C@@]3(C2)O4)c(=O)n1C. The molecular weight excluding hydrogens is 320 g/mol. The van der Waals surface area contributed by atoms with Crippen molar-refractivity contribution >= 4 is 5.91 Å². The van der Waals surface area contributed by atoms with Gasteiger partial charge in [0.1, 0.15) is 5.56 Å². The van der Waals surface area contributed by atoms with Crippen molar-refractivity contribution in [1.82, 2.24) is 9.47 Å². The summed E-state index contributed by atoms with van der Waals surface area (Å²) in [5, 5.41) is 9.71. The lowest BCUT2D eigenvalue weighted by molar-refractivity contribution is 0.00152. The van der Waals surface area contributed by atoms with Crippen LogP contribution < -0.4 is 5.56 Å². The fourth-order valence-electron chi connectivity index (χ4n) is 5.36. The van der Waals surface area contributed by atoms with Crippen LogP contribution in [0.5, 0.6) is 0 Å². The standard InChI is InChI=1S/C19H26N2O4/c1-4-15-11(2)7-12(17(23)20(15)3)18(24)21-8-14-13(9-22)16-5-6-19(14,10-21)25-16/h7,13-14,16,22H,4-6,8-10H2,1-3H3/t13-,14+,16+,19+/m1/s1. The molecule has 4 heterocycles. The van der Waals surface area contributed by atoms with E-state index in [2.05, 4.69) is 0 Å². The predicted molar refractivity (Wildman–Crippen MR) is 92.6 cm³/mol. The molecule has 136 valence electrons. The van der Waals surface area contributed by atoms with Crippen LogP contribution in [-0.4, -0.2) is 51.9 Å². The van der Waals surface area contributed by atoms with E-state index < -0.39 is 0 Å². The number of fused-ring (bicyclic) bond motifs is 1. The predicted octanol–water partition coefficient (Wildman–Crippen LogP) is 0.868. The molecule has 1 N–H and O–H groups in total. The normalized spacial score (nSPS) is 33.1. The third-order valence-electron chi connectivity index (χ3n) is 6.60. The number of aliphatic hydroxyl groups excluding tert-OH is 1. The maximum atomic E-state index is 13.1. The molecule has 6 heteroatoms. The van der Waals surface area contributed by atoms with Gasteiger partial charge in [0.05, 0.1) is 18.2 Å². The Labute approximate surface area is 147 Å². The molecule has 1 aromatic rings. The van der Waals surface area contributed by atoms with E-state index in [0.29, 0.717) is 13.1 Å². The largest absolute Gasteiger partial charge is 0.396 e. The Kier molecular flexibility index (Phi) is 3.81. The van der Waals surface area contributed by atoms with Crippen LogP contribution in [0.3, 0.4) is 0 Å². The molecule has 3 aliphatic heterocycles. The number of amides is 1. The molecule has 2 bridgehead atoms. The minimum atomic E-state index is -0.308. The molecule has 0 aliphatic carbocycles. The first-order valence-electron chi connectivity index (χ1n) is 9.19. The summed E-state index contributed by atoms with van der Waals surface area (Å²) in [4.78, 5) is 27.5. The molecule has 4 atom stereocenters. The van der Waals surface area contributed by atoms with E-state index >= 15 is 0 Å². The topological polar surface area (TPSA) is 71.8 Å². The second-order valence-corrected chi connectivity index (χ2v) is 7.80. The van der Waals surface area contributed by atoms with E-state index in [0.717, 1.165) is 30.5 Å². The van der Waals surface area contributed by atoms with Crippen molar-refractivity contribution in [3.63, 3.8) is 0 Å². The number of carbonyl (C=O) groups is 1. The number of rotatable bonds is 3. The van der Waals surface area contributed by atoms with Gasteiger partial charge in [-0.3, -0.25) is 9.59 Å². The van der Waals surface area contributed by atoms with Gasteiger partial charge in [0.15, 0.2) is 0 Å². The number of carbonyl (C=O) groups excluding carboxylic acids is 1. The quantitative estimate of drug-likeness (QED) is 0.881. The van der Waals surface area contributed by atoms with Crippen LogP contribution in [0.2, 0.25) is 0 Å². The summed E-state index contributed by atoms with van der Waals surface area (Å²) >= 11 is 0. The van der Waals surface area contributed by atoms with Gasteiger partial charge < -0.3 is 19.3 Å². The molecule has 4 rings (SSSR count). The molecule has 3 saturated heterocycles. The van der Waals surface area contributed by atoms with Gasteiger partial charge in [0, 0.05) is 37.7 Å². The first-order chi connectivity index (χ1) is 11.9. The molecule has 0 radical (unpaired) electrons. The van der Waals surface area contributed by atoms with Gasteiger partial charge in [-0.25, -0.2) is 0 Å². The lowest BCUT2D eigenvalue weighted by atomic mass is 9.74. The number of nitrogens with zero attached hydrogens (tertiary/aromatic N) is 2. The Morgan fingerprint density at radius 2 is 2.24 bits per heavy atom. The minimum absolute atomic E-state index is 0.102. The number of aryl methyl sites for hydroxylation is 1. The van der Waals surface area contributed by atoms with Gasteiger partial charge in [-0.2, -0.15) is 0 Å². The fraction of sp³-hybridized carbons (Fsp3) is 0.684. The third-order valence-corrected chi connectivity index (χ3v) is 6.60. The van der Waals surface area contributed by atoms with Gasteiger partial charge >= 0.3 is 0 Å². The zero-order valence-electron chi connectivity index (χ0n) is 15.1. The average molecular weight is 346 g/mol. The first-order valence-corrected chi connectivity index (χ1v) is 9.19. The van der Waals surface area contributed by atoms with Crippen molar-refractivity contribution in [2.24, 2.45) is 18.9 Å². The average Bonchev–Trinajstić information content (AvgIpc) is 3.25. The van der Waals surface area contributed by atoms with Gasteiger partial charge in [0.2, 0.25) is 0 Å². The molecule has 6 nitrogen and oxygen atoms in total. The summed E-state index contributed by atoms with van der Waals surface area (Å²) in [6, 6.07) is 1.73. The van der Waals surface area contributed by atoms with Gasteiger partial charge in [0.25, 0.3) is 11.5 Å². The highest BCUT2D eigenvalue weighted by Gasteiger charge is 2.63. The summed E-state index contributed by atoms with van der Waals surface area (Å²) < 4.78 is 7.77. The van der Waals surface area contributed by atoms with E-state index in [1.165, 1.54) is 0 Å². The number of aromatic nitrogens is 1. The Bertz CT molecular complexity index is 786. The van der Waals surface area contributed by atoms with Gasteiger partial charge in [-0.15, -0.1) is 0 Å². The van der Waals surface area contributed by atoms with E-state index in [1.54, 1.807) is 22.6 Å². The van der Waals surface area contributed by atoms with E-state index in [-0.39, 0.29) is 47.2 Å². The Balaban J connectivity index is 1.65. The number of pyridine rings is 1. The maximum Gasteiger partial charge on any atom is 0.263 e. The molecule has 0 saturated carbocycles. The highest BCUT2D eigenvalue weighted by molar-refractivity contribution is 5.94. The monoisotopic (exact) mass is 346 g/mol. The van der Waals surface area contributed by atoms with Gasteiger partial charge in [-0.05, 0) is 37.8 Å². The zero-order chi connectivity index (χ0) is 17.9. The van der Waals surface area contributed by atoms with Crippen molar-refractivity contribution in [2.75, 3.05) is 19.7 Å². The summed E-state index contributed by atoms with van der Waals surface area (Å²) in [6.45, 7) is 5.15. The summed E-state index contributed by atoms with van der Waals surface area (Å²) in [5.41, 5.74) is 1.63. The number of hydrogen-bond donors (Lipinski definition) is 1. The van der Waals surface area contributed by atoms with Crippen molar-refractivity contribution in [2.45, 2.75) is 44.8 Å². The highest BCUT2D eigenvalue weighted by atomic mass is 16.5. The molecule has 1 spiro atoms. The van der Waals surface area contributed by atoms with Crippen molar-refractivity contribution < 1.29 is 14.6 Å². The number of likely N-dealkylation sites (tertiary alicyclic amines) is 1. The molecule has 1 amide bonds. The van der Waals surface area contributed by atoms with Gasteiger partial charge in [-0.1, -0.05) is 6.92 Å². The molecule has 25 heavy (non-hydrogen) atoms. The molecule has 3 aliphatic rings. The number of hydrogen-bond acceptors (Lipinski definition) is 4. The van der Waals surface area contributed by atoms with Crippen molar-refractivity contribution in [3.05, 3.63) is 33.2 Å². The van der Waals surface area contributed by atoms with E-state index in [1.807, 2.05) is 13.8 Å². The molecule has 0 unspecified atom stereocenters. The summed E-state index contributed by atoms with van der Waals surface area (Å²) in [6.07, 6.45) is 2.78. The van der Waals surface area contributed by atoms with E-state index in [4.69, 9.17) is 4.74 Å². The maximum absolute atomic E-state index is 13.1. The van der Waals surface area contributed by atoms with Crippen LogP contribution in [-0.2, 0) is 18.2 Å². The summed E-state index contributed by atoms with van der Waals surface area (Å²) in [5.74, 6) is 0.0810. The highest BCUT2D eigenvalue weighted by Crippen LogP contribution is 2.54. The second kappa shape index (κ2) is 5.68. The Morgan fingerprint density at radius 1 is 1.48 bits per heavy atom. The van der Waals surface area contributed by atoms with Crippen LogP contribution in [0.4, 0.5) is 0 Å². The van der Waals surface area contributed by atoms with Crippen molar-refractivity contribution in [1.29, 1.82) is 0 Å². The van der Waals surface area contributed by atoms with E-state index in [9.17, 15) is 14.7 Å². The van der Waals surface area contributed by atoms with Crippen LogP contribution in [0, 0.1) is 18.8 Å². The van der Waals surface area contributed by atoms with Crippen molar-refractivity contribution in [3.8, 4) is 0 Å². The lowest BCUT2D eigenvalue weighted by Gasteiger charge is -2.27. The third kappa shape index (κ3) is 2.23. The molecule has 1 aromatic heterocycles. The zero-order valence-corrected chi connectivity index (χ0v) is 15.1. The first kappa shape index (κ1) is 16.8.